The molecule has 0 spiro atoms. The molecule has 2 rings (SSSR count). The van der Waals surface area contributed by atoms with Gasteiger partial charge in [0.25, 0.3) is 0 Å². The van der Waals surface area contributed by atoms with Crippen LogP contribution in [0.4, 0.5) is 0 Å². The maximum atomic E-state index is 4.43. The van der Waals surface area contributed by atoms with Gasteiger partial charge in [0.05, 0.1) is 6.04 Å². The Morgan fingerprint density at radius 3 is 2.26 bits per heavy atom. The van der Waals surface area contributed by atoms with Crippen LogP contribution in [-0.2, 0) is 0 Å². The van der Waals surface area contributed by atoms with E-state index >= 15 is 0 Å². The Hall–Kier alpha value is -1.81. The average molecular weight is 256 g/mol. The van der Waals surface area contributed by atoms with Gasteiger partial charge in [0.2, 0.25) is 0 Å². The maximum absolute atomic E-state index is 4.43. The van der Waals surface area contributed by atoms with E-state index in [1.54, 1.807) is 6.33 Å². The molecule has 2 heterocycles. The highest BCUT2D eigenvalue weighted by Gasteiger charge is 2.14. The van der Waals surface area contributed by atoms with Crippen LogP contribution >= 0.6 is 0 Å². The number of nitrogens with one attached hydrogen (secondary N) is 1. The zero-order valence-electron chi connectivity index (χ0n) is 11.7. The first-order valence-corrected chi connectivity index (χ1v) is 6.64. The smallest absolute Gasteiger partial charge is 0.115 e. The van der Waals surface area contributed by atoms with Gasteiger partial charge in [-0.05, 0) is 44.5 Å². The Labute approximate surface area is 114 Å². The number of hydrogen-bond acceptors (Lipinski definition) is 4. The lowest BCUT2D eigenvalue weighted by molar-refractivity contribution is 0.593. The molecule has 0 bridgehead atoms. The lowest BCUT2D eigenvalue weighted by atomic mass is 10.0. The molecule has 0 saturated heterocycles. The lowest BCUT2D eigenvalue weighted by Crippen LogP contribution is -2.23. The zero-order chi connectivity index (χ0) is 13.7. The standard InChI is InChI=1S/C15H20N4/c1-4-5-18-15(14-8-16-10-17-9-14)13-6-11(2)19-12(3)7-13/h6-10,15,18H,4-5H2,1-3H3. The largest absolute Gasteiger partial charge is 0.306 e. The zero-order valence-corrected chi connectivity index (χ0v) is 11.7. The molecule has 4 nitrogen and oxygen atoms in total. The topological polar surface area (TPSA) is 50.7 Å². The van der Waals surface area contributed by atoms with Gasteiger partial charge < -0.3 is 5.32 Å². The van der Waals surface area contributed by atoms with Gasteiger partial charge in [0.1, 0.15) is 6.33 Å². The van der Waals surface area contributed by atoms with E-state index in [1.807, 2.05) is 26.2 Å². The van der Waals surface area contributed by atoms with Crippen LogP contribution in [0, 0.1) is 13.8 Å². The third-order valence-corrected chi connectivity index (χ3v) is 2.95. The van der Waals surface area contributed by atoms with E-state index in [1.165, 1.54) is 5.56 Å². The van der Waals surface area contributed by atoms with Gasteiger partial charge in [0.15, 0.2) is 0 Å². The molecule has 2 aromatic rings. The predicted molar refractivity (Wildman–Crippen MR) is 75.9 cm³/mol. The third kappa shape index (κ3) is 3.58. The number of rotatable bonds is 5. The van der Waals surface area contributed by atoms with Crippen LogP contribution in [0.25, 0.3) is 0 Å². The Bertz CT molecular complexity index is 505. The fraction of sp³-hybridized carbons (Fsp3) is 0.400. The van der Waals surface area contributed by atoms with Crippen molar-refractivity contribution in [2.45, 2.75) is 33.2 Å². The molecular weight excluding hydrogens is 236 g/mol. The van der Waals surface area contributed by atoms with E-state index in [2.05, 4.69) is 39.3 Å². The molecule has 0 aliphatic carbocycles. The quantitative estimate of drug-likeness (QED) is 0.893. The SMILES string of the molecule is CCCNC(c1cncnc1)c1cc(C)nc(C)c1. The van der Waals surface area contributed by atoms with Crippen molar-refractivity contribution in [2.24, 2.45) is 0 Å². The summed E-state index contributed by atoms with van der Waals surface area (Å²) in [6, 6.07) is 4.36. The van der Waals surface area contributed by atoms with Crippen LogP contribution in [0.1, 0.15) is 41.9 Å². The average Bonchev–Trinajstić information content (AvgIpc) is 2.39. The first-order valence-electron chi connectivity index (χ1n) is 6.64. The molecular formula is C15H20N4. The van der Waals surface area contributed by atoms with Crippen molar-refractivity contribution >= 4 is 0 Å². The molecule has 0 aromatic carbocycles. The summed E-state index contributed by atoms with van der Waals surface area (Å²) in [5.74, 6) is 0. The van der Waals surface area contributed by atoms with Crippen LogP contribution < -0.4 is 5.32 Å². The Kier molecular flexibility index (Phi) is 4.58. The van der Waals surface area contributed by atoms with E-state index in [0.717, 1.165) is 29.9 Å². The third-order valence-electron chi connectivity index (χ3n) is 2.95. The second-order valence-corrected chi connectivity index (χ2v) is 4.74. The minimum absolute atomic E-state index is 0.126. The van der Waals surface area contributed by atoms with Crippen LogP contribution in [0.2, 0.25) is 0 Å². The van der Waals surface area contributed by atoms with Crippen LogP contribution in [0.5, 0.6) is 0 Å². The van der Waals surface area contributed by atoms with Gasteiger partial charge in [0, 0.05) is 29.3 Å². The maximum Gasteiger partial charge on any atom is 0.115 e. The highest BCUT2D eigenvalue weighted by atomic mass is 14.9. The summed E-state index contributed by atoms with van der Waals surface area (Å²) in [5.41, 5.74) is 4.37. The van der Waals surface area contributed by atoms with Gasteiger partial charge in [-0.1, -0.05) is 6.92 Å². The molecule has 0 amide bonds. The van der Waals surface area contributed by atoms with E-state index in [-0.39, 0.29) is 6.04 Å². The minimum Gasteiger partial charge on any atom is -0.306 e. The van der Waals surface area contributed by atoms with Crippen molar-refractivity contribution in [2.75, 3.05) is 6.54 Å². The molecule has 1 N–H and O–H groups in total. The lowest BCUT2D eigenvalue weighted by Gasteiger charge is -2.19. The van der Waals surface area contributed by atoms with Gasteiger partial charge >= 0.3 is 0 Å². The predicted octanol–water partition coefficient (Wildman–Crippen LogP) is 2.58. The number of hydrogen-bond donors (Lipinski definition) is 1. The summed E-state index contributed by atoms with van der Waals surface area (Å²) in [6.07, 6.45) is 6.38. The first-order chi connectivity index (χ1) is 9.20. The van der Waals surface area contributed by atoms with Crippen molar-refractivity contribution in [3.05, 3.63) is 53.4 Å². The van der Waals surface area contributed by atoms with Crippen molar-refractivity contribution in [3.8, 4) is 0 Å². The molecule has 1 atom stereocenters. The van der Waals surface area contributed by atoms with Crippen molar-refractivity contribution in [1.29, 1.82) is 0 Å². The van der Waals surface area contributed by atoms with Gasteiger partial charge in [-0.25, -0.2) is 9.97 Å². The summed E-state index contributed by atoms with van der Waals surface area (Å²) in [7, 11) is 0. The molecule has 1 unspecified atom stereocenters. The molecule has 19 heavy (non-hydrogen) atoms. The second kappa shape index (κ2) is 6.38. The van der Waals surface area contributed by atoms with E-state index in [9.17, 15) is 0 Å². The van der Waals surface area contributed by atoms with E-state index in [4.69, 9.17) is 0 Å². The summed E-state index contributed by atoms with van der Waals surface area (Å²) < 4.78 is 0. The molecule has 2 aromatic heterocycles. The van der Waals surface area contributed by atoms with E-state index < -0.39 is 0 Å². The Morgan fingerprint density at radius 2 is 1.68 bits per heavy atom. The molecule has 100 valence electrons. The normalized spacial score (nSPS) is 12.4. The van der Waals surface area contributed by atoms with Crippen LogP contribution in [-0.4, -0.2) is 21.5 Å². The van der Waals surface area contributed by atoms with Crippen LogP contribution in [0.15, 0.2) is 30.9 Å². The summed E-state index contributed by atoms with van der Waals surface area (Å²) in [4.78, 5) is 12.7. The Balaban J connectivity index is 2.36. The highest BCUT2D eigenvalue weighted by Crippen LogP contribution is 2.22. The van der Waals surface area contributed by atoms with Gasteiger partial charge in [-0.2, -0.15) is 0 Å². The van der Waals surface area contributed by atoms with Crippen molar-refractivity contribution < 1.29 is 0 Å². The fourth-order valence-electron chi connectivity index (χ4n) is 2.21. The monoisotopic (exact) mass is 256 g/mol. The van der Waals surface area contributed by atoms with Crippen LogP contribution in [0.3, 0.4) is 0 Å². The van der Waals surface area contributed by atoms with Crippen molar-refractivity contribution in [1.82, 2.24) is 20.3 Å². The molecule has 0 aliphatic rings. The molecule has 0 radical (unpaired) electrons. The summed E-state index contributed by atoms with van der Waals surface area (Å²) >= 11 is 0. The number of aromatic nitrogens is 3. The molecule has 0 fully saturated rings. The molecule has 4 heteroatoms. The number of aryl methyl sites for hydroxylation is 2. The van der Waals surface area contributed by atoms with Gasteiger partial charge in [-0.3, -0.25) is 4.98 Å². The molecule has 0 aliphatic heterocycles. The molecule has 0 saturated carbocycles. The summed E-state index contributed by atoms with van der Waals surface area (Å²) in [5, 5.41) is 3.55. The first kappa shape index (κ1) is 13.6. The number of pyridine rings is 1. The second-order valence-electron chi connectivity index (χ2n) is 4.74. The summed E-state index contributed by atoms with van der Waals surface area (Å²) in [6.45, 7) is 7.17. The highest BCUT2D eigenvalue weighted by molar-refractivity contribution is 5.31. The van der Waals surface area contributed by atoms with Gasteiger partial charge in [-0.15, -0.1) is 0 Å². The Morgan fingerprint density at radius 1 is 1.05 bits per heavy atom. The fourth-order valence-corrected chi connectivity index (χ4v) is 2.21. The van der Waals surface area contributed by atoms with E-state index in [0.29, 0.717) is 0 Å². The minimum atomic E-state index is 0.126. The van der Waals surface area contributed by atoms with Crippen molar-refractivity contribution in [3.63, 3.8) is 0 Å². The number of nitrogens with zero attached hydrogens (tertiary/aromatic N) is 3.